The molecule has 0 spiro atoms. The maximum Gasteiger partial charge on any atom is 0.158 e. The summed E-state index contributed by atoms with van der Waals surface area (Å²) in [5.41, 5.74) is 0. The molecule has 0 amide bonds. The van der Waals surface area contributed by atoms with Crippen LogP contribution < -0.4 is 0 Å². The Kier molecular flexibility index (Phi) is 11.5. The quantitative estimate of drug-likeness (QED) is 0.534. The van der Waals surface area contributed by atoms with Crippen molar-refractivity contribution < 1.29 is 9.47 Å². The molecule has 0 radical (unpaired) electrons. The first kappa shape index (κ1) is 17.2. The summed E-state index contributed by atoms with van der Waals surface area (Å²) < 4.78 is 11.1. The van der Waals surface area contributed by atoms with Gasteiger partial charge >= 0.3 is 0 Å². The lowest BCUT2D eigenvalue weighted by atomic mass is 10.2. The Balaban J connectivity index is 3.95. The van der Waals surface area contributed by atoms with Crippen LogP contribution in [0.2, 0.25) is 0 Å². The van der Waals surface area contributed by atoms with E-state index in [0.717, 1.165) is 26.2 Å². The molecule has 0 aromatic carbocycles. The molecule has 3 nitrogen and oxygen atoms in total. The zero-order valence-electron chi connectivity index (χ0n) is 12.1. The SMILES string of the molecule is CCOC(CCN(C)C(CC)CSC)OCC. The number of ether oxygens (including phenoxy) is 2. The predicted molar refractivity (Wildman–Crippen MR) is 76.7 cm³/mol. The summed E-state index contributed by atoms with van der Waals surface area (Å²) in [6.45, 7) is 8.74. The van der Waals surface area contributed by atoms with E-state index >= 15 is 0 Å². The highest BCUT2D eigenvalue weighted by Gasteiger charge is 2.14. The van der Waals surface area contributed by atoms with Gasteiger partial charge in [0.2, 0.25) is 0 Å². The second kappa shape index (κ2) is 11.3. The molecule has 1 unspecified atom stereocenters. The number of nitrogens with zero attached hydrogens (tertiary/aromatic N) is 1. The van der Waals surface area contributed by atoms with Crippen molar-refractivity contribution in [2.45, 2.75) is 45.9 Å². The zero-order valence-corrected chi connectivity index (χ0v) is 12.9. The molecule has 0 N–H and O–H groups in total. The fourth-order valence-corrected chi connectivity index (χ4v) is 2.70. The maximum absolute atomic E-state index is 5.55. The van der Waals surface area contributed by atoms with Crippen molar-refractivity contribution in [3.63, 3.8) is 0 Å². The normalized spacial score (nSPS) is 13.6. The van der Waals surface area contributed by atoms with E-state index in [-0.39, 0.29) is 6.29 Å². The fourth-order valence-electron chi connectivity index (χ4n) is 1.83. The van der Waals surface area contributed by atoms with Crippen molar-refractivity contribution in [1.82, 2.24) is 4.90 Å². The van der Waals surface area contributed by atoms with Gasteiger partial charge in [0.25, 0.3) is 0 Å². The Morgan fingerprint density at radius 1 is 1.12 bits per heavy atom. The van der Waals surface area contributed by atoms with Crippen LogP contribution in [0.5, 0.6) is 0 Å². The largest absolute Gasteiger partial charge is 0.353 e. The van der Waals surface area contributed by atoms with Crippen molar-refractivity contribution in [3.05, 3.63) is 0 Å². The van der Waals surface area contributed by atoms with Crippen LogP contribution in [-0.4, -0.2) is 56.0 Å². The molecule has 104 valence electrons. The molecule has 0 rings (SSSR count). The lowest BCUT2D eigenvalue weighted by Crippen LogP contribution is -2.36. The van der Waals surface area contributed by atoms with E-state index in [1.54, 1.807) is 0 Å². The summed E-state index contributed by atoms with van der Waals surface area (Å²) in [6.07, 6.45) is 4.27. The fraction of sp³-hybridized carbons (Fsp3) is 1.00. The van der Waals surface area contributed by atoms with Crippen molar-refractivity contribution in [2.75, 3.05) is 38.8 Å². The van der Waals surface area contributed by atoms with Crippen LogP contribution in [0.3, 0.4) is 0 Å². The van der Waals surface area contributed by atoms with Crippen LogP contribution in [0.4, 0.5) is 0 Å². The standard InChI is InChI=1S/C13H29NO2S/c1-6-12(11-17-5)14(4)10-9-13(15-7-2)16-8-3/h12-13H,6-11H2,1-5H3. The lowest BCUT2D eigenvalue weighted by Gasteiger charge is -2.28. The van der Waals surface area contributed by atoms with E-state index in [4.69, 9.17) is 9.47 Å². The van der Waals surface area contributed by atoms with Crippen molar-refractivity contribution in [2.24, 2.45) is 0 Å². The molecule has 4 heteroatoms. The molecular formula is C13H29NO2S. The summed E-state index contributed by atoms with van der Waals surface area (Å²) in [7, 11) is 2.19. The highest BCUT2D eigenvalue weighted by Crippen LogP contribution is 2.10. The van der Waals surface area contributed by atoms with Gasteiger partial charge in [0, 0.05) is 38.0 Å². The van der Waals surface area contributed by atoms with Gasteiger partial charge in [0.05, 0.1) is 0 Å². The second-order valence-electron chi connectivity index (χ2n) is 4.13. The molecule has 17 heavy (non-hydrogen) atoms. The summed E-state index contributed by atoms with van der Waals surface area (Å²) in [5.74, 6) is 1.20. The van der Waals surface area contributed by atoms with Gasteiger partial charge in [-0.3, -0.25) is 0 Å². The Hall–Kier alpha value is 0.230. The third kappa shape index (κ3) is 8.03. The van der Waals surface area contributed by atoms with Crippen LogP contribution in [0.1, 0.15) is 33.6 Å². The van der Waals surface area contributed by atoms with E-state index in [1.807, 2.05) is 25.6 Å². The summed E-state index contributed by atoms with van der Waals surface area (Å²) >= 11 is 1.91. The Bertz CT molecular complexity index is 163. The van der Waals surface area contributed by atoms with Crippen molar-refractivity contribution >= 4 is 11.8 Å². The molecule has 0 saturated carbocycles. The first-order valence-corrected chi connectivity index (χ1v) is 8.01. The first-order valence-electron chi connectivity index (χ1n) is 6.61. The van der Waals surface area contributed by atoms with Crippen LogP contribution in [0, 0.1) is 0 Å². The Morgan fingerprint density at radius 3 is 2.12 bits per heavy atom. The van der Waals surface area contributed by atoms with Gasteiger partial charge < -0.3 is 14.4 Å². The number of thioether (sulfide) groups is 1. The molecule has 0 aliphatic carbocycles. The van der Waals surface area contributed by atoms with Gasteiger partial charge in [-0.2, -0.15) is 11.8 Å². The number of hydrogen-bond acceptors (Lipinski definition) is 4. The van der Waals surface area contributed by atoms with Crippen molar-refractivity contribution in [3.8, 4) is 0 Å². The van der Waals surface area contributed by atoms with Crippen LogP contribution in [0.15, 0.2) is 0 Å². The van der Waals surface area contributed by atoms with E-state index < -0.39 is 0 Å². The van der Waals surface area contributed by atoms with E-state index in [0.29, 0.717) is 6.04 Å². The van der Waals surface area contributed by atoms with Gasteiger partial charge in [-0.1, -0.05) is 6.92 Å². The smallest absolute Gasteiger partial charge is 0.158 e. The number of rotatable bonds is 11. The molecule has 0 saturated heterocycles. The third-order valence-electron chi connectivity index (χ3n) is 2.88. The molecule has 0 heterocycles. The average molecular weight is 263 g/mol. The summed E-state index contributed by atoms with van der Waals surface area (Å²) in [4.78, 5) is 2.42. The summed E-state index contributed by atoms with van der Waals surface area (Å²) in [5, 5.41) is 0. The Labute approximate surface area is 111 Å². The molecule has 0 aromatic heterocycles. The van der Waals surface area contributed by atoms with Gasteiger partial charge in [0.15, 0.2) is 6.29 Å². The topological polar surface area (TPSA) is 21.7 Å². The third-order valence-corrected chi connectivity index (χ3v) is 3.59. The van der Waals surface area contributed by atoms with Crippen molar-refractivity contribution in [1.29, 1.82) is 0 Å². The molecule has 0 aliphatic rings. The van der Waals surface area contributed by atoms with E-state index in [2.05, 4.69) is 25.1 Å². The van der Waals surface area contributed by atoms with Gasteiger partial charge in [-0.15, -0.1) is 0 Å². The van der Waals surface area contributed by atoms with Crippen LogP contribution in [0.25, 0.3) is 0 Å². The maximum atomic E-state index is 5.55. The zero-order chi connectivity index (χ0) is 13.1. The van der Waals surface area contributed by atoms with Crippen LogP contribution >= 0.6 is 11.8 Å². The molecule has 0 aliphatic heterocycles. The molecular weight excluding hydrogens is 234 g/mol. The molecule has 0 bridgehead atoms. The minimum absolute atomic E-state index is 0.0424. The molecule has 0 fully saturated rings. The van der Waals surface area contributed by atoms with Gasteiger partial charge in [-0.25, -0.2) is 0 Å². The van der Waals surface area contributed by atoms with Gasteiger partial charge in [-0.05, 0) is 33.6 Å². The van der Waals surface area contributed by atoms with Gasteiger partial charge in [0.1, 0.15) is 0 Å². The molecule has 0 aromatic rings. The highest BCUT2D eigenvalue weighted by molar-refractivity contribution is 7.98. The minimum atomic E-state index is -0.0424. The minimum Gasteiger partial charge on any atom is -0.353 e. The molecule has 1 atom stereocenters. The summed E-state index contributed by atoms with van der Waals surface area (Å²) in [6, 6.07) is 0.661. The average Bonchev–Trinajstić information content (AvgIpc) is 2.33. The first-order chi connectivity index (χ1) is 8.19. The number of hydrogen-bond donors (Lipinski definition) is 0. The van der Waals surface area contributed by atoms with Crippen LogP contribution in [-0.2, 0) is 9.47 Å². The predicted octanol–water partition coefficient (Wildman–Crippen LogP) is 2.85. The van der Waals surface area contributed by atoms with E-state index in [9.17, 15) is 0 Å². The highest BCUT2D eigenvalue weighted by atomic mass is 32.2. The monoisotopic (exact) mass is 263 g/mol. The second-order valence-corrected chi connectivity index (χ2v) is 5.04. The lowest BCUT2D eigenvalue weighted by molar-refractivity contribution is -0.141. The Morgan fingerprint density at radius 2 is 1.71 bits per heavy atom. The van der Waals surface area contributed by atoms with E-state index in [1.165, 1.54) is 12.2 Å².